The summed E-state index contributed by atoms with van der Waals surface area (Å²) in [5.74, 6) is 1.25. The van der Waals surface area contributed by atoms with E-state index in [1.807, 2.05) is 66.7 Å². The maximum atomic E-state index is 8.00. The molecular formula is C25H22N6O. The van der Waals surface area contributed by atoms with E-state index < -0.39 is 0 Å². The molecule has 1 aromatic heterocycles. The second kappa shape index (κ2) is 8.61. The van der Waals surface area contributed by atoms with E-state index in [9.17, 15) is 0 Å². The standard InChI is InChI=1S/C25H22N6O/c26-20-14-21(15-6-8-17(9-7-15)24(27)28)31-23(22(20)25(29)30)16-10-12-19(13-11-16)32-18-4-2-1-3-5-18/h1-14H,(H2,26,31)(H3,27,28)(H3,29,30). The summed E-state index contributed by atoms with van der Waals surface area (Å²) in [6.45, 7) is 0. The number of nitrogen functional groups attached to an aromatic ring is 3. The predicted molar refractivity (Wildman–Crippen MR) is 128 cm³/mol. The molecular weight excluding hydrogens is 400 g/mol. The second-order valence-corrected chi connectivity index (χ2v) is 7.16. The molecule has 0 aliphatic heterocycles. The number of nitrogens with one attached hydrogen (secondary N) is 2. The van der Waals surface area contributed by atoms with Crippen LogP contribution in [0.4, 0.5) is 5.69 Å². The van der Waals surface area contributed by atoms with Crippen LogP contribution < -0.4 is 21.9 Å². The minimum atomic E-state index is -0.159. The minimum Gasteiger partial charge on any atom is -0.457 e. The molecule has 7 heteroatoms. The summed E-state index contributed by atoms with van der Waals surface area (Å²) < 4.78 is 5.85. The molecule has 0 atom stereocenters. The number of aromatic nitrogens is 1. The average Bonchev–Trinajstić information content (AvgIpc) is 2.79. The van der Waals surface area contributed by atoms with Crippen LogP contribution in [-0.4, -0.2) is 16.7 Å². The van der Waals surface area contributed by atoms with E-state index >= 15 is 0 Å². The summed E-state index contributed by atoms with van der Waals surface area (Å²) in [5.41, 5.74) is 21.7. The molecule has 0 saturated carbocycles. The first-order valence-corrected chi connectivity index (χ1v) is 9.85. The van der Waals surface area contributed by atoms with Crippen molar-refractivity contribution in [3.8, 4) is 34.0 Å². The highest BCUT2D eigenvalue weighted by Crippen LogP contribution is 2.32. The summed E-state index contributed by atoms with van der Waals surface area (Å²) in [6.07, 6.45) is 0. The summed E-state index contributed by atoms with van der Waals surface area (Å²) in [5, 5.41) is 15.6. The van der Waals surface area contributed by atoms with Gasteiger partial charge in [0, 0.05) is 22.4 Å². The number of nitrogens with two attached hydrogens (primary N) is 3. The zero-order valence-electron chi connectivity index (χ0n) is 17.2. The van der Waals surface area contributed by atoms with Crippen molar-refractivity contribution in [1.29, 1.82) is 10.8 Å². The molecule has 0 bridgehead atoms. The molecule has 4 aromatic rings. The number of para-hydroxylation sites is 1. The first kappa shape index (κ1) is 20.6. The van der Waals surface area contributed by atoms with Crippen LogP contribution in [-0.2, 0) is 0 Å². The van der Waals surface area contributed by atoms with Crippen LogP contribution in [0.3, 0.4) is 0 Å². The van der Waals surface area contributed by atoms with E-state index in [1.165, 1.54) is 0 Å². The Hall–Kier alpha value is -4.65. The average molecular weight is 422 g/mol. The summed E-state index contributed by atoms with van der Waals surface area (Å²) >= 11 is 0. The minimum absolute atomic E-state index is 0.00514. The van der Waals surface area contributed by atoms with Crippen LogP contribution in [0, 0.1) is 10.8 Å². The molecule has 0 radical (unpaired) electrons. The number of anilines is 1. The Morgan fingerprint density at radius 1 is 0.719 bits per heavy atom. The third-order valence-electron chi connectivity index (χ3n) is 4.92. The zero-order chi connectivity index (χ0) is 22.7. The van der Waals surface area contributed by atoms with E-state index in [2.05, 4.69) is 0 Å². The lowest BCUT2D eigenvalue weighted by Crippen LogP contribution is -2.16. The first-order valence-electron chi connectivity index (χ1n) is 9.85. The van der Waals surface area contributed by atoms with Crippen LogP contribution >= 0.6 is 0 Å². The molecule has 4 rings (SSSR count). The molecule has 0 amide bonds. The topological polar surface area (TPSA) is 148 Å². The van der Waals surface area contributed by atoms with E-state index in [-0.39, 0.29) is 11.7 Å². The number of hydrogen-bond acceptors (Lipinski definition) is 5. The first-order chi connectivity index (χ1) is 15.4. The molecule has 0 aliphatic rings. The number of rotatable bonds is 6. The SMILES string of the molecule is N=C(N)c1ccc(-c2cc(N)c(C(=N)N)c(-c3ccc(Oc4ccccc4)cc3)n2)cc1. The van der Waals surface area contributed by atoms with Crippen LogP contribution in [0.1, 0.15) is 11.1 Å². The molecule has 3 aromatic carbocycles. The van der Waals surface area contributed by atoms with E-state index in [0.717, 1.165) is 16.9 Å². The van der Waals surface area contributed by atoms with Crippen LogP contribution in [0.2, 0.25) is 0 Å². The van der Waals surface area contributed by atoms with E-state index in [1.54, 1.807) is 18.2 Å². The fraction of sp³-hybridized carbons (Fsp3) is 0. The van der Waals surface area contributed by atoms with Gasteiger partial charge in [-0.15, -0.1) is 0 Å². The number of nitrogens with zero attached hydrogens (tertiary/aromatic N) is 1. The van der Waals surface area contributed by atoms with Gasteiger partial charge in [-0.3, -0.25) is 10.8 Å². The number of benzene rings is 3. The van der Waals surface area contributed by atoms with Gasteiger partial charge in [-0.1, -0.05) is 42.5 Å². The van der Waals surface area contributed by atoms with Crippen molar-refractivity contribution in [2.24, 2.45) is 11.5 Å². The maximum Gasteiger partial charge on any atom is 0.127 e. The Morgan fingerprint density at radius 3 is 1.91 bits per heavy atom. The molecule has 0 unspecified atom stereocenters. The molecule has 158 valence electrons. The van der Waals surface area contributed by atoms with Crippen LogP contribution in [0.15, 0.2) is 84.9 Å². The van der Waals surface area contributed by atoms with Gasteiger partial charge in [-0.2, -0.15) is 0 Å². The lowest BCUT2D eigenvalue weighted by atomic mass is 10.00. The number of pyridine rings is 1. The predicted octanol–water partition coefficient (Wildman–Crippen LogP) is 4.36. The van der Waals surface area contributed by atoms with Gasteiger partial charge >= 0.3 is 0 Å². The Bertz CT molecular complexity index is 1280. The fourth-order valence-electron chi connectivity index (χ4n) is 3.33. The van der Waals surface area contributed by atoms with Gasteiger partial charge in [-0.05, 0) is 42.5 Å². The van der Waals surface area contributed by atoms with Crippen molar-refractivity contribution in [2.45, 2.75) is 0 Å². The molecule has 32 heavy (non-hydrogen) atoms. The highest BCUT2D eigenvalue weighted by molar-refractivity contribution is 6.06. The van der Waals surface area contributed by atoms with Gasteiger partial charge in [-0.25, -0.2) is 4.98 Å². The van der Waals surface area contributed by atoms with Gasteiger partial charge in [0.2, 0.25) is 0 Å². The van der Waals surface area contributed by atoms with Gasteiger partial charge < -0.3 is 21.9 Å². The van der Waals surface area contributed by atoms with Crippen molar-refractivity contribution in [1.82, 2.24) is 4.98 Å². The summed E-state index contributed by atoms with van der Waals surface area (Å²) in [7, 11) is 0. The Kier molecular flexibility index (Phi) is 5.55. The third kappa shape index (κ3) is 4.27. The Labute approximate surface area is 185 Å². The van der Waals surface area contributed by atoms with Crippen molar-refractivity contribution in [3.05, 3.63) is 96.1 Å². The Balaban J connectivity index is 1.73. The molecule has 0 saturated heterocycles. The zero-order valence-corrected chi connectivity index (χ0v) is 17.2. The lowest BCUT2D eigenvalue weighted by molar-refractivity contribution is 0.483. The molecule has 0 aliphatic carbocycles. The van der Waals surface area contributed by atoms with Crippen LogP contribution in [0.25, 0.3) is 22.5 Å². The third-order valence-corrected chi connectivity index (χ3v) is 4.92. The van der Waals surface area contributed by atoms with Gasteiger partial charge in [0.15, 0.2) is 0 Å². The molecule has 7 nitrogen and oxygen atoms in total. The quantitative estimate of drug-likeness (QED) is 0.231. The monoisotopic (exact) mass is 422 g/mol. The Morgan fingerprint density at radius 2 is 1.31 bits per heavy atom. The number of amidine groups is 2. The summed E-state index contributed by atoms with van der Waals surface area (Å²) in [6, 6.07) is 25.7. The van der Waals surface area contributed by atoms with E-state index in [0.29, 0.717) is 34.0 Å². The van der Waals surface area contributed by atoms with Crippen molar-refractivity contribution < 1.29 is 4.74 Å². The summed E-state index contributed by atoms with van der Waals surface area (Å²) in [4.78, 5) is 4.76. The number of hydrogen-bond donors (Lipinski definition) is 5. The van der Waals surface area contributed by atoms with Crippen LogP contribution in [0.5, 0.6) is 11.5 Å². The smallest absolute Gasteiger partial charge is 0.127 e. The lowest BCUT2D eigenvalue weighted by Gasteiger charge is -2.14. The van der Waals surface area contributed by atoms with Crippen molar-refractivity contribution >= 4 is 17.4 Å². The number of ether oxygens (including phenoxy) is 1. The molecule has 1 heterocycles. The molecule has 8 N–H and O–H groups in total. The maximum absolute atomic E-state index is 8.00. The fourth-order valence-corrected chi connectivity index (χ4v) is 3.33. The normalized spacial score (nSPS) is 10.5. The van der Waals surface area contributed by atoms with Gasteiger partial charge in [0.1, 0.15) is 23.2 Å². The molecule has 0 spiro atoms. The second-order valence-electron chi connectivity index (χ2n) is 7.16. The van der Waals surface area contributed by atoms with Gasteiger partial charge in [0.05, 0.1) is 17.0 Å². The van der Waals surface area contributed by atoms with Gasteiger partial charge in [0.25, 0.3) is 0 Å². The largest absolute Gasteiger partial charge is 0.457 e. The van der Waals surface area contributed by atoms with E-state index in [4.69, 9.17) is 37.7 Å². The highest BCUT2D eigenvalue weighted by atomic mass is 16.5. The van der Waals surface area contributed by atoms with Crippen molar-refractivity contribution in [2.75, 3.05) is 5.73 Å². The van der Waals surface area contributed by atoms with Crippen molar-refractivity contribution in [3.63, 3.8) is 0 Å². The highest BCUT2D eigenvalue weighted by Gasteiger charge is 2.16. The molecule has 0 fully saturated rings.